The molecule has 0 saturated carbocycles. The van der Waals surface area contributed by atoms with Crippen molar-refractivity contribution >= 4 is 29.2 Å². The van der Waals surface area contributed by atoms with Gasteiger partial charge in [-0.3, -0.25) is 15.5 Å². The van der Waals surface area contributed by atoms with E-state index in [1.54, 1.807) is 12.1 Å². The normalized spacial score (nSPS) is 10.8. The molecule has 2 aromatic rings. The number of rotatable bonds is 4. The summed E-state index contributed by atoms with van der Waals surface area (Å²) in [6.45, 7) is 1.86. The fraction of sp³-hybridized carbons (Fsp3) is 0.0714. The number of nitro groups is 1. The van der Waals surface area contributed by atoms with Gasteiger partial charge in [-0.05, 0) is 24.6 Å². The Balaban J connectivity index is 2.21. The first-order chi connectivity index (χ1) is 10.4. The first-order valence-electron chi connectivity index (χ1n) is 6.14. The summed E-state index contributed by atoms with van der Waals surface area (Å²) in [4.78, 5) is 9.99. The first kappa shape index (κ1) is 15.6. The molecule has 7 nitrogen and oxygen atoms in total. The lowest BCUT2D eigenvalue weighted by atomic mass is 10.2. The second-order valence-electron chi connectivity index (χ2n) is 4.49. The van der Waals surface area contributed by atoms with Crippen LogP contribution < -0.4 is 5.43 Å². The number of nitro benzene ring substituents is 1. The van der Waals surface area contributed by atoms with Crippen molar-refractivity contribution in [3.63, 3.8) is 0 Å². The van der Waals surface area contributed by atoms with Gasteiger partial charge in [0.1, 0.15) is 5.75 Å². The van der Waals surface area contributed by atoms with E-state index in [0.717, 1.165) is 17.7 Å². The highest BCUT2D eigenvalue weighted by atomic mass is 35.5. The highest BCUT2D eigenvalue weighted by Crippen LogP contribution is 2.32. The van der Waals surface area contributed by atoms with Crippen molar-refractivity contribution in [1.29, 1.82) is 0 Å². The van der Waals surface area contributed by atoms with Crippen LogP contribution in [-0.4, -0.2) is 21.4 Å². The lowest BCUT2D eigenvalue weighted by Gasteiger charge is -2.04. The van der Waals surface area contributed by atoms with Gasteiger partial charge in [-0.25, -0.2) is 0 Å². The van der Waals surface area contributed by atoms with Gasteiger partial charge < -0.3 is 10.2 Å². The van der Waals surface area contributed by atoms with Crippen molar-refractivity contribution in [2.75, 3.05) is 5.43 Å². The second kappa shape index (κ2) is 6.31. The van der Waals surface area contributed by atoms with Crippen LogP contribution >= 0.6 is 11.6 Å². The van der Waals surface area contributed by atoms with Gasteiger partial charge in [-0.15, -0.1) is 0 Å². The van der Waals surface area contributed by atoms with Crippen molar-refractivity contribution in [3.05, 3.63) is 56.6 Å². The van der Waals surface area contributed by atoms with Gasteiger partial charge in [0.15, 0.2) is 5.75 Å². The number of anilines is 1. The Morgan fingerprint density at radius 3 is 2.64 bits per heavy atom. The van der Waals surface area contributed by atoms with E-state index in [0.29, 0.717) is 10.7 Å². The smallest absolute Gasteiger partial charge is 0.311 e. The highest BCUT2D eigenvalue weighted by Gasteiger charge is 2.16. The maximum Gasteiger partial charge on any atom is 0.311 e. The van der Waals surface area contributed by atoms with Crippen LogP contribution in [-0.2, 0) is 0 Å². The molecule has 0 heterocycles. The highest BCUT2D eigenvalue weighted by molar-refractivity contribution is 6.31. The number of nitrogens with one attached hydrogen (secondary N) is 1. The van der Waals surface area contributed by atoms with Gasteiger partial charge in [0.2, 0.25) is 0 Å². The molecule has 3 N–H and O–H groups in total. The molecule has 2 rings (SSSR count). The standard InChI is InChI=1S/C14H12ClN3O4/c1-8-2-3-10(5-11(8)15)17-16-7-9-4-12(18(21)22)14(20)6-13(9)19/h2-7,17,19-20H,1H3. The van der Waals surface area contributed by atoms with Crippen LogP contribution in [0.4, 0.5) is 11.4 Å². The van der Waals surface area contributed by atoms with Crippen LogP contribution in [0.25, 0.3) is 0 Å². The molecule has 0 fully saturated rings. The van der Waals surface area contributed by atoms with Gasteiger partial charge in [-0.2, -0.15) is 5.10 Å². The summed E-state index contributed by atoms with van der Waals surface area (Å²) >= 11 is 5.97. The molecule has 0 spiro atoms. The molecular formula is C14H12ClN3O4. The first-order valence-corrected chi connectivity index (χ1v) is 6.52. The zero-order valence-corrected chi connectivity index (χ0v) is 12.2. The average Bonchev–Trinajstić information content (AvgIpc) is 2.44. The minimum atomic E-state index is -0.751. The van der Waals surface area contributed by atoms with E-state index in [1.807, 2.05) is 13.0 Å². The van der Waals surface area contributed by atoms with Crippen molar-refractivity contribution in [2.45, 2.75) is 6.92 Å². The van der Waals surface area contributed by atoms with Crippen LogP contribution in [0.2, 0.25) is 5.02 Å². The molecule has 0 unspecified atom stereocenters. The number of halogens is 1. The second-order valence-corrected chi connectivity index (χ2v) is 4.90. The summed E-state index contributed by atoms with van der Waals surface area (Å²) in [5, 5.41) is 34.2. The van der Waals surface area contributed by atoms with Crippen LogP contribution in [0.5, 0.6) is 11.5 Å². The molecule has 0 atom stereocenters. The molecule has 114 valence electrons. The van der Waals surface area contributed by atoms with Gasteiger partial charge in [0.25, 0.3) is 0 Å². The maximum absolute atomic E-state index is 10.7. The lowest BCUT2D eigenvalue weighted by molar-refractivity contribution is -0.385. The number of nitrogens with zero attached hydrogens (tertiary/aromatic N) is 2. The predicted octanol–water partition coefficient (Wildman–Crippen LogP) is 3.41. The third-order valence-electron chi connectivity index (χ3n) is 2.89. The molecule has 0 bridgehead atoms. The molecule has 0 radical (unpaired) electrons. The molecule has 0 aliphatic heterocycles. The number of phenols is 2. The van der Waals surface area contributed by atoms with Crippen molar-refractivity contribution < 1.29 is 15.1 Å². The van der Waals surface area contributed by atoms with Crippen LogP contribution in [0.3, 0.4) is 0 Å². The van der Waals surface area contributed by atoms with Gasteiger partial charge >= 0.3 is 5.69 Å². The van der Waals surface area contributed by atoms with Crippen LogP contribution in [0.15, 0.2) is 35.4 Å². The summed E-state index contributed by atoms with van der Waals surface area (Å²) in [5.41, 5.74) is 3.81. The number of hydrogen-bond donors (Lipinski definition) is 3. The third kappa shape index (κ3) is 3.44. The van der Waals surface area contributed by atoms with Crippen molar-refractivity contribution in [2.24, 2.45) is 5.10 Å². The van der Waals surface area contributed by atoms with Crippen molar-refractivity contribution in [3.8, 4) is 11.5 Å². The van der Waals surface area contributed by atoms with E-state index in [1.165, 1.54) is 6.21 Å². The Bertz CT molecular complexity index is 762. The monoisotopic (exact) mass is 321 g/mol. The lowest BCUT2D eigenvalue weighted by Crippen LogP contribution is -1.94. The summed E-state index contributed by atoms with van der Waals surface area (Å²) in [6.07, 6.45) is 1.20. The fourth-order valence-electron chi connectivity index (χ4n) is 1.67. The van der Waals surface area contributed by atoms with Crippen LogP contribution in [0, 0.1) is 17.0 Å². The Hall–Kier alpha value is -2.80. The average molecular weight is 322 g/mol. The van der Waals surface area contributed by atoms with Gasteiger partial charge in [0, 0.05) is 22.7 Å². The molecule has 0 aliphatic rings. The maximum atomic E-state index is 10.7. The van der Waals surface area contributed by atoms with E-state index >= 15 is 0 Å². The minimum Gasteiger partial charge on any atom is -0.507 e. The number of aryl methyl sites for hydroxylation is 1. The Labute approximate surface area is 130 Å². The summed E-state index contributed by atoms with van der Waals surface area (Å²) in [6, 6.07) is 7.16. The predicted molar refractivity (Wildman–Crippen MR) is 83.8 cm³/mol. The molecular weight excluding hydrogens is 310 g/mol. The van der Waals surface area contributed by atoms with E-state index in [4.69, 9.17) is 11.6 Å². The molecule has 0 aliphatic carbocycles. The SMILES string of the molecule is Cc1ccc(NN=Cc2cc([N+](=O)[O-])c(O)cc2O)cc1Cl. The van der Waals surface area contributed by atoms with E-state index in [9.17, 15) is 20.3 Å². The molecule has 0 amide bonds. The summed E-state index contributed by atoms with van der Waals surface area (Å²) in [5.74, 6) is -0.937. The summed E-state index contributed by atoms with van der Waals surface area (Å²) in [7, 11) is 0. The van der Waals surface area contributed by atoms with E-state index in [2.05, 4.69) is 10.5 Å². The Morgan fingerprint density at radius 2 is 2.00 bits per heavy atom. The molecule has 22 heavy (non-hydrogen) atoms. The molecule has 0 aromatic heterocycles. The Morgan fingerprint density at radius 1 is 1.27 bits per heavy atom. The fourth-order valence-corrected chi connectivity index (χ4v) is 1.85. The number of hydrazone groups is 1. The van der Waals surface area contributed by atoms with E-state index in [-0.39, 0.29) is 11.3 Å². The van der Waals surface area contributed by atoms with Crippen molar-refractivity contribution in [1.82, 2.24) is 0 Å². The minimum absolute atomic E-state index is 0.0928. The number of benzene rings is 2. The Kier molecular flexibility index (Phi) is 4.47. The zero-order valence-electron chi connectivity index (χ0n) is 11.4. The quantitative estimate of drug-likeness (QED) is 0.454. The summed E-state index contributed by atoms with van der Waals surface area (Å²) < 4.78 is 0. The number of hydrogen-bond acceptors (Lipinski definition) is 6. The number of aromatic hydroxyl groups is 2. The largest absolute Gasteiger partial charge is 0.507 e. The zero-order chi connectivity index (χ0) is 16.3. The molecule has 2 aromatic carbocycles. The van der Waals surface area contributed by atoms with Gasteiger partial charge in [0.05, 0.1) is 16.8 Å². The molecule has 0 saturated heterocycles. The third-order valence-corrected chi connectivity index (χ3v) is 3.30. The van der Waals surface area contributed by atoms with Gasteiger partial charge in [-0.1, -0.05) is 17.7 Å². The van der Waals surface area contributed by atoms with E-state index < -0.39 is 16.4 Å². The molecule has 8 heteroatoms. The topological polar surface area (TPSA) is 108 Å². The van der Waals surface area contributed by atoms with Crippen LogP contribution in [0.1, 0.15) is 11.1 Å². The number of phenolic OH excluding ortho intramolecular Hbond substituents is 2.